The standard InChI is InChI=1S/C22H26N4O2S/c1-16-9-11-19(12-10-16)21-24-25-22(29)26(21)15-20(27)23-13-6-14-28-17(2)18-7-4-3-5-8-18/h3-5,7-12,17H,6,13-15H2,1-2H3,(H,23,27)(H,25,29). The molecule has 2 aromatic carbocycles. The molecule has 0 saturated heterocycles. The van der Waals surface area contributed by atoms with E-state index in [-0.39, 0.29) is 18.6 Å². The molecule has 0 spiro atoms. The van der Waals surface area contributed by atoms with Crippen LogP contribution in [0.3, 0.4) is 0 Å². The van der Waals surface area contributed by atoms with Crippen LogP contribution < -0.4 is 5.32 Å². The van der Waals surface area contributed by atoms with Crippen molar-refractivity contribution in [1.29, 1.82) is 0 Å². The smallest absolute Gasteiger partial charge is 0.240 e. The number of carbonyl (C=O) groups excluding carboxylic acids is 1. The summed E-state index contributed by atoms with van der Waals surface area (Å²) < 4.78 is 7.97. The van der Waals surface area contributed by atoms with E-state index in [9.17, 15) is 4.79 Å². The number of nitrogens with zero attached hydrogens (tertiary/aromatic N) is 2. The van der Waals surface area contributed by atoms with E-state index < -0.39 is 0 Å². The predicted molar refractivity (Wildman–Crippen MR) is 116 cm³/mol. The lowest BCUT2D eigenvalue weighted by molar-refractivity contribution is -0.121. The van der Waals surface area contributed by atoms with E-state index in [0.717, 1.165) is 23.1 Å². The van der Waals surface area contributed by atoms with Crippen LogP contribution in [0.2, 0.25) is 0 Å². The molecule has 1 amide bonds. The van der Waals surface area contributed by atoms with Crippen LogP contribution in [0.5, 0.6) is 0 Å². The summed E-state index contributed by atoms with van der Waals surface area (Å²) in [7, 11) is 0. The van der Waals surface area contributed by atoms with E-state index in [1.165, 1.54) is 0 Å². The highest BCUT2D eigenvalue weighted by Crippen LogP contribution is 2.18. The topological polar surface area (TPSA) is 71.9 Å². The van der Waals surface area contributed by atoms with E-state index in [1.54, 1.807) is 4.57 Å². The lowest BCUT2D eigenvalue weighted by Crippen LogP contribution is -2.29. The molecule has 0 radical (unpaired) electrons. The van der Waals surface area contributed by atoms with E-state index in [1.807, 2.05) is 68.4 Å². The van der Waals surface area contributed by atoms with Crippen molar-refractivity contribution in [1.82, 2.24) is 20.1 Å². The molecular formula is C22H26N4O2S. The Balaban J connectivity index is 1.46. The first kappa shape index (κ1) is 21.0. The lowest BCUT2D eigenvalue weighted by atomic mass is 10.1. The minimum atomic E-state index is -0.105. The van der Waals surface area contributed by atoms with Crippen LogP contribution in [0.4, 0.5) is 0 Å². The van der Waals surface area contributed by atoms with Crippen molar-refractivity contribution >= 4 is 18.1 Å². The molecule has 0 aliphatic heterocycles. The second-order valence-corrected chi connectivity index (χ2v) is 7.32. The molecule has 0 bridgehead atoms. The van der Waals surface area contributed by atoms with Gasteiger partial charge < -0.3 is 10.1 Å². The van der Waals surface area contributed by atoms with Crippen LogP contribution in [0.25, 0.3) is 11.4 Å². The van der Waals surface area contributed by atoms with Crippen molar-refractivity contribution in [2.45, 2.75) is 32.9 Å². The largest absolute Gasteiger partial charge is 0.374 e. The number of carbonyl (C=O) groups is 1. The van der Waals surface area contributed by atoms with Gasteiger partial charge in [-0.2, -0.15) is 5.10 Å². The number of ether oxygens (including phenoxy) is 1. The lowest BCUT2D eigenvalue weighted by Gasteiger charge is -2.13. The van der Waals surface area contributed by atoms with Gasteiger partial charge in [0.05, 0.1) is 6.10 Å². The van der Waals surface area contributed by atoms with Crippen molar-refractivity contribution < 1.29 is 9.53 Å². The molecule has 0 aliphatic carbocycles. The van der Waals surface area contributed by atoms with Gasteiger partial charge in [0.15, 0.2) is 10.6 Å². The molecule has 0 saturated carbocycles. The van der Waals surface area contributed by atoms with Gasteiger partial charge >= 0.3 is 0 Å². The predicted octanol–water partition coefficient (Wildman–Crippen LogP) is 4.20. The minimum absolute atomic E-state index is 0.0354. The molecule has 6 nitrogen and oxygen atoms in total. The van der Waals surface area contributed by atoms with E-state index in [2.05, 4.69) is 15.5 Å². The highest BCUT2D eigenvalue weighted by Gasteiger charge is 2.12. The molecular weight excluding hydrogens is 384 g/mol. The van der Waals surface area contributed by atoms with Crippen molar-refractivity contribution in [3.05, 3.63) is 70.5 Å². The zero-order chi connectivity index (χ0) is 20.6. The third kappa shape index (κ3) is 5.85. The second-order valence-electron chi connectivity index (χ2n) is 6.93. The van der Waals surface area contributed by atoms with Crippen LogP contribution in [0.1, 0.15) is 30.6 Å². The van der Waals surface area contributed by atoms with E-state index in [4.69, 9.17) is 17.0 Å². The fraction of sp³-hybridized carbons (Fsp3) is 0.318. The Morgan fingerprint density at radius 1 is 1.21 bits per heavy atom. The van der Waals surface area contributed by atoms with Crippen LogP contribution >= 0.6 is 12.2 Å². The van der Waals surface area contributed by atoms with Gasteiger partial charge in [0, 0.05) is 18.7 Å². The Morgan fingerprint density at radius 2 is 1.93 bits per heavy atom. The summed E-state index contributed by atoms with van der Waals surface area (Å²) in [6, 6.07) is 18.0. The summed E-state index contributed by atoms with van der Waals surface area (Å²) in [4.78, 5) is 12.4. The summed E-state index contributed by atoms with van der Waals surface area (Å²) in [6.45, 7) is 5.31. The first-order chi connectivity index (χ1) is 14.0. The summed E-state index contributed by atoms with van der Waals surface area (Å²) in [5.74, 6) is 0.553. The molecule has 2 N–H and O–H groups in total. The molecule has 1 heterocycles. The van der Waals surface area contributed by atoms with Crippen LogP contribution in [-0.2, 0) is 16.1 Å². The zero-order valence-corrected chi connectivity index (χ0v) is 17.5. The molecule has 1 aromatic heterocycles. The van der Waals surface area contributed by atoms with Crippen molar-refractivity contribution in [3.63, 3.8) is 0 Å². The van der Waals surface area contributed by atoms with Crippen molar-refractivity contribution in [2.75, 3.05) is 13.2 Å². The molecule has 7 heteroatoms. The average molecular weight is 411 g/mol. The number of H-pyrrole nitrogens is 1. The number of rotatable bonds is 9. The molecule has 1 unspecified atom stereocenters. The van der Waals surface area contributed by atoms with Crippen LogP contribution in [-0.4, -0.2) is 33.8 Å². The minimum Gasteiger partial charge on any atom is -0.374 e. The van der Waals surface area contributed by atoms with Gasteiger partial charge in [-0.05, 0) is 38.0 Å². The van der Waals surface area contributed by atoms with Crippen LogP contribution in [0, 0.1) is 11.7 Å². The SMILES string of the molecule is Cc1ccc(-c2n[nH]c(=S)n2CC(=O)NCCCOC(C)c2ccccc2)cc1. The molecule has 0 fully saturated rings. The number of benzene rings is 2. The molecule has 3 aromatic rings. The van der Waals surface area contributed by atoms with E-state index in [0.29, 0.717) is 23.7 Å². The number of aryl methyl sites for hydroxylation is 1. The van der Waals surface area contributed by atoms with E-state index >= 15 is 0 Å². The Morgan fingerprint density at radius 3 is 2.66 bits per heavy atom. The molecule has 0 aliphatic rings. The third-order valence-corrected chi connectivity index (χ3v) is 4.96. The molecule has 3 rings (SSSR count). The Hall–Kier alpha value is -2.77. The van der Waals surface area contributed by atoms with Gasteiger partial charge in [0.1, 0.15) is 6.54 Å². The normalized spacial score (nSPS) is 11.9. The first-order valence-corrected chi connectivity index (χ1v) is 10.1. The fourth-order valence-electron chi connectivity index (χ4n) is 2.97. The monoisotopic (exact) mass is 410 g/mol. The molecule has 1 atom stereocenters. The van der Waals surface area contributed by atoms with Gasteiger partial charge in [-0.3, -0.25) is 14.5 Å². The van der Waals surface area contributed by atoms with Gasteiger partial charge in [-0.15, -0.1) is 0 Å². The molecule has 152 valence electrons. The maximum absolute atomic E-state index is 12.4. The highest BCUT2D eigenvalue weighted by molar-refractivity contribution is 7.71. The van der Waals surface area contributed by atoms with Crippen LogP contribution in [0.15, 0.2) is 54.6 Å². The highest BCUT2D eigenvalue weighted by atomic mass is 32.1. The van der Waals surface area contributed by atoms with Crippen molar-refractivity contribution in [3.8, 4) is 11.4 Å². The van der Waals surface area contributed by atoms with Gasteiger partial charge in [-0.25, -0.2) is 0 Å². The average Bonchev–Trinajstić information content (AvgIpc) is 3.09. The Labute approximate surface area is 175 Å². The van der Waals surface area contributed by atoms with Gasteiger partial charge in [0.2, 0.25) is 5.91 Å². The first-order valence-electron chi connectivity index (χ1n) is 9.70. The fourth-order valence-corrected chi connectivity index (χ4v) is 3.16. The number of aromatic amines is 1. The maximum Gasteiger partial charge on any atom is 0.240 e. The third-order valence-electron chi connectivity index (χ3n) is 4.65. The number of amides is 1. The van der Waals surface area contributed by atoms with Gasteiger partial charge in [-0.1, -0.05) is 60.2 Å². The quantitative estimate of drug-likeness (QED) is 0.410. The Bertz CT molecular complexity index is 980. The summed E-state index contributed by atoms with van der Waals surface area (Å²) >= 11 is 5.29. The number of hydrogen-bond donors (Lipinski definition) is 2. The number of hydrogen-bond acceptors (Lipinski definition) is 4. The number of nitrogens with one attached hydrogen (secondary N) is 2. The summed E-state index contributed by atoms with van der Waals surface area (Å²) in [5, 5.41) is 9.97. The zero-order valence-electron chi connectivity index (χ0n) is 16.7. The maximum atomic E-state index is 12.4. The summed E-state index contributed by atoms with van der Waals surface area (Å²) in [6.07, 6.45) is 0.776. The molecule has 29 heavy (non-hydrogen) atoms. The van der Waals surface area contributed by atoms with Gasteiger partial charge in [0.25, 0.3) is 0 Å². The second kappa shape index (κ2) is 10.1. The Kier molecular flexibility index (Phi) is 7.32. The van der Waals surface area contributed by atoms with Crippen molar-refractivity contribution in [2.24, 2.45) is 0 Å². The number of aromatic nitrogens is 3. The summed E-state index contributed by atoms with van der Waals surface area (Å²) in [5.41, 5.74) is 3.23.